The van der Waals surface area contributed by atoms with Crippen LogP contribution in [0.4, 0.5) is 16.2 Å². The summed E-state index contributed by atoms with van der Waals surface area (Å²) in [5.74, 6) is -0.493. The average molecular weight is 471 g/mol. The molecule has 1 atom stereocenters. The molecule has 0 saturated carbocycles. The summed E-state index contributed by atoms with van der Waals surface area (Å²) in [4.78, 5) is 43.1. The summed E-state index contributed by atoms with van der Waals surface area (Å²) in [7, 11) is 0. The molecule has 1 fully saturated rings. The molecule has 7 nitrogen and oxygen atoms in total. The normalized spacial score (nSPS) is 13.7. The average Bonchev–Trinajstić information content (AvgIpc) is 3.42. The smallest absolute Gasteiger partial charge is 0.319 e. The predicted molar refractivity (Wildman–Crippen MR) is 137 cm³/mol. The second kappa shape index (κ2) is 11.3. The van der Waals surface area contributed by atoms with Gasteiger partial charge in [-0.1, -0.05) is 60.7 Å². The van der Waals surface area contributed by atoms with E-state index in [9.17, 15) is 14.4 Å². The van der Waals surface area contributed by atoms with Crippen LogP contribution in [0, 0.1) is 6.92 Å². The van der Waals surface area contributed by atoms with E-state index in [1.54, 1.807) is 18.2 Å². The van der Waals surface area contributed by atoms with Crippen molar-refractivity contribution in [1.29, 1.82) is 0 Å². The molecule has 2 N–H and O–H groups in total. The Kier molecular flexibility index (Phi) is 7.77. The molecular weight excluding hydrogens is 440 g/mol. The van der Waals surface area contributed by atoms with Gasteiger partial charge < -0.3 is 15.5 Å². The lowest BCUT2D eigenvalue weighted by molar-refractivity contribution is -0.133. The maximum atomic E-state index is 13.7. The first-order valence-corrected chi connectivity index (χ1v) is 11.9. The molecule has 0 bridgehead atoms. The van der Waals surface area contributed by atoms with Gasteiger partial charge in [-0.05, 0) is 55.2 Å². The Morgan fingerprint density at radius 1 is 0.886 bits per heavy atom. The summed E-state index contributed by atoms with van der Waals surface area (Å²) < 4.78 is 0. The van der Waals surface area contributed by atoms with Gasteiger partial charge in [0.15, 0.2) is 0 Å². The summed E-state index contributed by atoms with van der Waals surface area (Å²) in [6.45, 7) is 3.03. The number of benzene rings is 3. The fraction of sp³-hybridized carbons (Fsp3) is 0.250. The second-order valence-corrected chi connectivity index (χ2v) is 8.62. The summed E-state index contributed by atoms with van der Waals surface area (Å²) in [5.41, 5.74) is 2.98. The third-order valence-electron chi connectivity index (χ3n) is 6.00. The van der Waals surface area contributed by atoms with Crippen molar-refractivity contribution in [1.82, 2.24) is 10.2 Å². The molecule has 0 radical (unpaired) electrons. The molecule has 1 aliphatic heterocycles. The topological polar surface area (TPSA) is 81.8 Å². The molecular formula is C28H30N4O3. The highest BCUT2D eigenvalue weighted by molar-refractivity contribution is 6.03. The Hall–Kier alpha value is -4.13. The highest BCUT2D eigenvalue weighted by Gasteiger charge is 2.36. The van der Waals surface area contributed by atoms with Crippen LogP contribution in [-0.2, 0) is 9.59 Å². The molecule has 0 spiro atoms. The number of rotatable bonds is 7. The Balaban J connectivity index is 1.59. The van der Waals surface area contributed by atoms with Gasteiger partial charge in [-0.25, -0.2) is 4.79 Å². The van der Waals surface area contributed by atoms with Crippen LogP contribution in [0.5, 0.6) is 0 Å². The largest absolute Gasteiger partial charge is 0.341 e. The number of nitrogens with zero attached hydrogens (tertiary/aromatic N) is 2. The van der Waals surface area contributed by atoms with Crippen molar-refractivity contribution in [2.75, 3.05) is 29.9 Å². The van der Waals surface area contributed by atoms with E-state index in [2.05, 4.69) is 10.6 Å². The van der Waals surface area contributed by atoms with Gasteiger partial charge in [0.05, 0.1) is 6.54 Å². The van der Waals surface area contributed by atoms with Gasteiger partial charge in [0.25, 0.3) is 0 Å². The van der Waals surface area contributed by atoms with E-state index < -0.39 is 12.1 Å². The summed E-state index contributed by atoms with van der Waals surface area (Å²) in [6, 6.07) is 24.6. The van der Waals surface area contributed by atoms with Crippen LogP contribution >= 0.6 is 0 Å². The minimum atomic E-state index is -0.828. The van der Waals surface area contributed by atoms with Crippen LogP contribution in [0.15, 0.2) is 84.9 Å². The number of anilines is 2. The standard InChI is InChI=1S/C28H30N4O3/c1-21-11-10-14-23(19-21)30-28(35)29-20-25(33)32(24-15-6-3-7-16-24)26(22-12-4-2-5-13-22)27(34)31-17-8-9-18-31/h2-7,10-16,19,26H,8-9,17-18,20H2,1H3,(H2,29,30,35). The zero-order chi connectivity index (χ0) is 24.6. The number of aryl methyl sites for hydroxylation is 1. The number of hydrogen-bond acceptors (Lipinski definition) is 3. The van der Waals surface area contributed by atoms with Crippen molar-refractivity contribution in [2.24, 2.45) is 0 Å². The highest BCUT2D eigenvalue weighted by Crippen LogP contribution is 2.30. The molecule has 0 aromatic heterocycles. The first-order valence-electron chi connectivity index (χ1n) is 11.9. The first-order chi connectivity index (χ1) is 17.0. The Bertz CT molecular complexity index is 1160. The molecule has 1 heterocycles. The van der Waals surface area contributed by atoms with Crippen LogP contribution in [0.3, 0.4) is 0 Å². The number of urea groups is 1. The Morgan fingerprint density at radius 2 is 1.54 bits per heavy atom. The minimum absolute atomic E-state index is 0.116. The predicted octanol–water partition coefficient (Wildman–Crippen LogP) is 4.51. The van der Waals surface area contributed by atoms with Gasteiger partial charge in [-0.2, -0.15) is 0 Å². The van der Waals surface area contributed by atoms with Crippen molar-refractivity contribution in [3.8, 4) is 0 Å². The van der Waals surface area contributed by atoms with E-state index in [-0.39, 0.29) is 18.4 Å². The van der Waals surface area contributed by atoms with Gasteiger partial charge >= 0.3 is 6.03 Å². The maximum absolute atomic E-state index is 13.7. The van der Waals surface area contributed by atoms with Crippen molar-refractivity contribution in [2.45, 2.75) is 25.8 Å². The van der Waals surface area contributed by atoms with Crippen molar-refractivity contribution >= 4 is 29.2 Å². The molecule has 3 aromatic rings. The zero-order valence-corrected chi connectivity index (χ0v) is 19.8. The van der Waals surface area contributed by atoms with Crippen LogP contribution in [0.1, 0.15) is 30.0 Å². The molecule has 35 heavy (non-hydrogen) atoms. The summed E-state index contributed by atoms with van der Waals surface area (Å²) in [6.07, 6.45) is 1.90. The SMILES string of the molecule is Cc1cccc(NC(=O)NCC(=O)N(c2ccccc2)C(C(=O)N2CCCC2)c2ccccc2)c1. The molecule has 1 aliphatic rings. The van der Waals surface area contributed by atoms with E-state index in [0.717, 1.165) is 24.0 Å². The van der Waals surface area contributed by atoms with E-state index in [4.69, 9.17) is 0 Å². The first kappa shape index (κ1) is 24.0. The molecule has 0 aliphatic carbocycles. The molecule has 4 amide bonds. The molecule has 180 valence electrons. The lowest BCUT2D eigenvalue weighted by Crippen LogP contribution is -2.48. The quantitative estimate of drug-likeness (QED) is 0.533. The summed E-state index contributed by atoms with van der Waals surface area (Å²) in [5, 5.41) is 5.40. The Labute approximate surface area is 205 Å². The zero-order valence-electron chi connectivity index (χ0n) is 19.8. The Morgan fingerprint density at radius 3 is 2.20 bits per heavy atom. The van der Waals surface area contributed by atoms with Crippen LogP contribution in [0.25, 0.3) is 0 Å². The number of carbonyl (C=O) groups excluding carboxylic acids is 3. The van der Waals surface area contributed by atoms with Gasteiger partial charge in [0.2, 0.25) is 11.8 Å². The third kappa shape index (κ3) is 6.06. The third-order valence-corrected chi connectivity index (χ3v) is 6.00. The van der Waals surface area contributed by atoms with E-state index >= 15 is 0 Å². The molecule has 7 heteroatoms. The van der Waals surface area contributed by atoms with E-state index in [0.29, 0.717) is 24.5 Å². The number of likely N-dealkylation sites (tertiary alicyclic amines) is 1. The number of hydrogen-bond donors (Lipinski definition) is 2. The van der Waals surface area contributed by atoms with Crippen molar-refractivity contribution in [3.05, 3.63) is 96.1 Å². The van der Waals surface area contributed by atoms with E-state index in [1.807, 2.05) is 78.6 Å². The summed E-state index contributed by atoms with van der Waals surface area (Å²) >= 11 is 0. The van der Waals surface area contributed by atoms with Crippen LogP contribution in [0.2, 0.25) is 0 Å². The molecule has 1 unspecified atom stereocenters. The van der Waals surface area contributed by atoms with Gasteiger partial charge in [0, 0.05) is 24.5 Å². The minimum Gasteiger partial charge on any atom is -0.341 e. The van der Waals surface area contributed by atoms with Crippen LogP contribution < -0.4 is 15.5 Å². The number of nitrogens with one attached hydrogen (secondary N) is 2. The highest BCUT2D eigenvalue weighted by atomic mass is 16.2. The number of para-hydroxylation sites is 1. The number of carbonyl (C=O) groups is 3. The van der Waals surface area contributed by atoms with Gasteiger partial charge in [-0.15, -0.1) is 0 Å². The van der Waals surface area contributed by atoms with E-state index in [1.165, 1.54) is 4.90 Å². The lowest BCUT2D eigenvalue weighted by Gasteiger charge is -2.34. The van der Waals surface area contributed by atoms with Crippen molar-refractivity contribution < 1.29 is 14.4 Å². The number of amides is 4. The lowest BCUT2D eigenvalue weighted by atomic mass is 10.0. The van der Waals surface area contributed by atoms with Gasteiger partial charge in [-0.3, -0.25) is 14.5 Å². The molecule has 1 saturated heterocycles. The maximum Gasteiger partial charge on any atom is 0.319 e. The molecule has 3 aromatic carbocycles. The second-order valence-electron chi connectivity index (χ2n) is 8.62. The van der Waals surface area contributed by atoms with Crippen LogP contribution in [-0.4, -0.2) is 42.4 Å². The van der Waals surface area contributed by atoms with Gasteiger partial charge in [0.1, 0.15) is 6.04 Å². The fourth-order valence-electron chi connectivity index (χ4n) is 4.31. The molecule has 4 rings (SSSR count). The monoisotopic (exact) mass is 470 g/mol. The van der Waals surface area contributed by atoms with Crippen molar-refractivity contribution in [3.63, 3.8) is 0 Å². The fourth-order valence-corrected chi connectivity index (χ4v) is 4.31.